The van der Waals surface area contributed by atoms with Gasteiger partial charge in [0.05, 0.1) is 11.8 Å². The zero-order valence-electron chi connectivity index (χ0n) is 13.3. The lowest BCUT2D eigenvalue weighted by atomic mass is 10.1. The molecule has 0 aliphatic heterocycles. The molecule has 3 nitrogen and oxygen atoms in total. The molecule has 0 fully saturated rings. The van der Waals surface area contributed by atoms with E-state index in [0.29, 0.717) is 0 Å². The van der Waals surface area contributed by atoms with E-state index in [9.17, 15) is 0 Å². The van der Waals surface area contributed by atoms with Gasteiger partial charge in [-0.25, -0.2) is 0 Å². The largest absolute Gasteiger partial charge is 0.491 e. The lowest BCUT2D eigenvalue weighted by molar-refractivity contribution is 0.242. The van der Waals surface area contributed by atoms with Crippen molar-refractivity contribution >= 4 is 0 Å². The highest BCUT2D eigenvalue weighted by Gasteiger charge is 2.05. The fourth-order valence-electron chi connectivity index (χ4n) is 2.17. The van der Waals surface area contributed by atoms with Gasteiger partial charge in [0.25, 0.3) is 0 Å². The number of hydrogen-bond donors (Lipinski definition) is 1. The van der Waals surface area contributed by atoms with Gasteiger partial charge in [0.1, 0.15) is 5.75 Å². The fourth-order valence-corrected chi connectivity index (χ4v) is 2.17. The summed E-state index contributed by atoms with van der Waals surface area (Å²) in [6.45, 7) is 10.1. The van der Waals surface area contributed by atoms with Crippen LogP contribution in [0.1, 0.15) is 32.0 Å². The summed E-state index contributed by atoms with van der Waals surface area (Å²) in [5.74, 6) is 0.897. The van der Waals surface area contributed by atoms with Gasteiger partial charge in [-0.1, -0.05) is 13.0 Å². The van der Waals surface area contributed by atoms with Crippen molar-refractivity contribution in [3.8, 4) is 17.0 Å². The summed E-state index contributed by atoms with van der Waals surface area (Å²) in [6, 6.07) is 12.3. The lowest BCUT2D eigenvalue weighted by Gasteiger charge is -2.11. The Hall–Kier alpha value is -1.87. The SMILES string of the molecule is CCNCc1ccc(-c2ccc(OC(C)C)cc2)nc1C. The van der Waals surface area contributed by atoms with E-state index in [-0.39, 0.29) is 6.10 Å². The standard InChI is InChI=1S/C18H24N2O/c1-5-19-12-16-8-11-18(20-14(16)4)15-6-9-17(10-7-15)21-13(2)3/h6-11,13,19H,5,12H2,1-4H3. The Morgan fingerprint density at radius 3 is 2.38 bits per heavy atom. The Balaban J connectivity index is 2.16. The highest BCUT2D eigenvalue weighted by molar-refractivity contribution is 5.60. The minimum atomic E-state index is 0.196. The van der Waals surface area contributed by atoms with Gasteiger partial charge in [0.15, 0.2) is 0 Å². The second-order valence-electron chi connectivity index (χ2n) is 5.41. The first-order chi connectivity index (χ1) is 10.1. The molecule has 0 aliphatic rings. The Morgan fingerprint density at radius 1 is 1.10 bits per heavy atom. The van der Waals surface area contributed by atoms with Gasteiger partial charge in [0, 0.05) is 17.8 Å². The van der Waals surface area contributed by atoms with Crippen molar-refractivity contribution in [3.63, 3.8) is 0 Å². The molecular formula is C18H24N2O. The molecule has 1 N–H and O–H groups in total. The van der Waals surface area contributed by atoms with E-state index in [1.807, 2.05) is 26.0 Å². The van der Waals surface area contributed by atoms with Gasteiger partial charge >= 0.3 is 0 Å². The maximum atomic E-state index is 5.66. The molecule has 2 aromatic rings. The van der Waals surface area contributed by atoms with E-state index >= 15 is 0 Å². The average molecular weight is 284 g/mol. The van der Waals surface area contributed by atoms with Crippen LogP contribution in [0.5, 0.6) is 5.75 Å². The van der Waals surface area contributed by atoms with Crippen LogP contribution in [0.25, 0.3) is 11.3 Å². The van der Waals surface area contributed by atoms with Crippen molar-refractivity contribution in [1.29, 1.82) is 0 Å². The minimum absolute atomic E-state index is 0.196. The van der Waals surface area contributed by atoms with Crippen molar-refractivity contribution in [2.45, 2.75) is 40.3 Å². The number of pyridine rings is 1. The molecule has 3 heteroatoms. The zero-order chi connectivity index (χ0) is 15.2. The van der Waals surface area contributed by atoms with Crippen LogP contribution in [0.15, 0.2) is 36.4 Å². The zero-order valence-corrected chi connectivity index (χ0v) is 13.3. The number of rotatable bonds is 6. The summed E-state index contributed by atoms with van der Waals surface area (Å²) in [6.07, 6.45) is 0.196. The number of nitrogens with zero attached hydrogens (tertiary/aromatic N) is 1. The Kier molecular flexibility index (Phi) is 5.34. The van der Waals surface area contributed by atoms with Crippen LogP contribution in [0, 0.1) is 6.92 Å². The summed E-state index contributed by atoms with van der Waals surface area (Å²) < 4.78 is 5.66. The maximum absolute atomic E-state index is 5.66. The van der Waals surface area contributed by atoms with Crippen molar-refractivity contribution < 1.29 is 4.74 Å². The third kappa shape index (κ3) is 4.30. The van der Waals surface area contributed by atoms with Gasteiger partial charge in [-0.2, -0.15) is 0 Å². The lowest BCUT2D eigenvalue weighted by Crippen LogP contribution is -2.13. The molecule has 1 aromatic heterocycles. The van der Waals surface area contributed by atoms with Gasteiger partial charge in [-0.3, -0.25) is 4.98 Å². The van der Waals surface area contributed by atoms with E-state index < -0.39 is 0 Å². The average Bonchev–Trinajstić information content (AvgIpc) is 2.46. The van der Waals surface area contributed by atoms with Crippen LogP contribution in [0.4, 0.5) is 0 Å². The van der Waals surface area contributed by atoms with Gasteiger partial charge < -0.3 is 10.1 Å². The summed E-state index contributed by atoms with van der Waals surface area (Å²) in [5, 5.41) is 3.33. The normalized spacial score (nSPS) is 10.9. The molecule has 112 valence electrons. The molecule has 0 amide bonds. The smallest absolute Gasteiger partial charge is 0.119 e. The number of ether oxygens (including phenoxy) is 1. The van der Waals surface area contributed by atoms with E-state index in [4.69, 9.17) is 9.72 Å². The Labute approximate surface area is 127 Å². The van der Waals surface area contributed by atoms with Crippen LogP contribution in [-0.4, -0.2) is 17.6 Å². The van der Waals surface area contributed by atoms with Crippen molar-refractivity contribution in [2.75, 3.05) is 6.54 Å². The monoisotopic (exact) mass is 284 g/mol. The second kappa shape index (κ2) is 7.23. The molecule has 21 heavy (non-hydrogen) atoms. The highest BCUT2D eigenvalue weighted by atomic mass is 16.5. The van der Waals surface area contributed by atoms with E-state index in [1.165, 1.54) is 5.56 Å². The molecule has 0 unspecified atom stereocenters. The van der Waals surface area contributed by atoms with E-state index in [2.05, 4.69) is 43.4 Å². The van der Waals surface area contributed by atoms with E-state index in [0.717, 1.165) is 35.8 Å². The first-order valence-electron chi connectivity index (χ1n) is 7.54. The van der Waals surface area contributed by atoms with Crippen molar-refractivity contribution in [1.82, 2.24) is 10.3 Å². The van der Waals surface area contributed by atoms with Crippen LogP contribution in [0.2, 0.25) is 0 Å². The molecule has 1 heterocycles. The summed E-state index contributed by atoms with van der Waals surface area (Å²) >= 11 is 0. The summed E-state index contributed by atoms with van der Waals surface area (Å²) in [5.41, 5.74) is 4.45. The predicted molar refractivity (Wildman–Crippen MR) is 87.6 cm³/mol. The molecule has 0 spiro atoms. The third-order valence-corrected chi connectivity index (χ3v) is 3.28. The topological polar surface area (TPSA) is 34.1 Å². The van der Waals surface area contributed by atoms with Crippen LogP contribution < -0.4 is 10.1 Å². The van der Waals surface area contributed by atoms with E-state index in [1.54, 1.807) is 0 Å². The molecule has 1 aromatic carbocycles. The van der Waals surface area contributed by atoms with Crippen LogP contribution >= 0.6 is 0 Å². The molecule has 0 saturated heterocycles. The van der Waals surface area contributed by atoms with Gasteiger partial charge in [-0.05, 0) is 63.2 Å². The Bertz CT molecular complexity index is 576. The number of nitrogens with one attached hydrogen (secondary N) is 1. The first kappa shape index (κ1) is 15.5. The maximum Gasteiger partial charge on any atom is 0.119 e. The minimum Gasteiger partial charge on any atom is -0.491 e. The van der Waals surface area contributed by atoms with Gasteiger partial charge in [0.2, 0.25) is 0 Å². The quantitative estimate of drug-likeness (QED) is 0.872. The summed E-state index contributed by atoms with van der Waals surface area (Å²) in [7, 11) is 0. The molecule has 0 radical (unpaired) electrons. The fraction of sp³-hybridized carbons (Fsp3) is 0.389. The third-order valence-electron chi connectivity index (χ3n) is 3.28. The second-order valence-corrected chi connectivity index (χ2v) is 5.41. The van der Waals surface area contributed by atoms with Crippen LogP contribution in [-0.2, 0) is 6.54 Å². The molecule has 0 bridgehead atoms. The highest BCUT2D eigenvalue weighted by Crippen LogP contribution is 2.22. The number of hydrogen-bond acceptors (Lipinski definition) is 3. The number of aromatic nitrogens is 1. The molecule has 0 atom stereocenters. The Morgan fingerprint density at radius 2 is 1.81 bits per heavy atom. The molecular weight excluding hydrogens is 260 g/mol. The summed E-state index contributed by atoms with van der Waals surface area (Å²) in [4.78, 5) is 4.71. The van der Waals surface area contributed by atoms with Gasteiger partial charge in [-0.15, -0.1) is 0 Å². The number of aryl methyl sites for hydroxylation is 1. The van der Waals surface area contributed by atoms with Crippen molar-refractivity contribution in [2.24, 2.45) is 0 Å². The molecule has 0 aliphatic carbocycles. The predicted octanol–water partition coefficient (Wildman–Crippen LogP) is 3.95. The number of benzene rings is 1. The molecule has 0 saturated carbocycles. The first-order valence-corrected chi connectivity index (χ1v) is 7.54. The van der Waals surface area contributed by atoms with Crippen LogP contribution in [0.3, 0.4) is 0 Å². The molecule has 2 rings (SSSR count). The van der Waals surface area contributed by atoms with Crippen molar-refractivity contribution in [3.05, 3.63) is 47.7 Å².